The van der Waals surface area contributed by atoms with Crippen LogP contribution in [0.25, 0.3) is 0 Å². The number of hydrogen-bond donors (Lipinski definition) is 3. The lowest BCUT2D eigenvalue weighted by Gasteiger charge is -2.15. The highest BCUT2D eigenvalue weighted by Crippen LogP contribution is 2.24. The summed E-state index contributed by atoms with van der Waals surface area (Å²) in [5.74, 6) is -0.261. The Morgan fingerprint density at radius 1 is 0.914 bits per heavy atom. The molecule has 0 aliphatic carbocycles. The first-order valence-electron chi connectivity index (χ1n) is 10.9. The summed E-state index contributed by atoms with van der Waals surface area (Å²) in [4.78, 5) is 25.5. The van der Waals surface area contributed by atoms with Gasteiger partial charge in [-0.2, -0.15) is 0 Å². The Balaban J connectivity index is 1.64. The maximum Gasteiger partial charge on any atom is 0.261 e. The van der Waals surface area contributed by atoms with Crippen LogP contribution in [-0.2, 0) is 11.2 Å². The molecule has 9 heteroatoms. The van der Waals surface area contributed by atoms with Crippen LogP contribution in [0.2, 0.25) is 0 Å². The summed E-state index contributed by atoms with van der Waals surface area (Å²) >= 11 is 8.75. The molecule has 182 valence electrons. The standard InChI is InChI=1S/C26H26BrN3O4S/c1-33-16-14-28-24(31)20-9-5-6-10-22(20)29-26(35)30-25(32)21-17-19(27)11-12-23(21)34-15-13-18-7-3-2-4-8-18/h2-12,17H,13-16H2,1H3,(H,28,31)(H2,29,30,32,35). The van der Waals surface area contributed by atoms with Gasteiger partial charge in [0, 0.05) is 24.5 Å². The van der Waals surface area contributed by atoms with Gasteiger partial charge in [-0.1, -0.05) is 58.4 Å². The second-order valence-electron chi connectivity index (χ2n) is 7.43. The Morgan fingerprint density at radius 2 is 1.66 bits per heavy atom. The fourth-order valence-corrected chi connectivity index (χ4v) is 3.77. The van der Waals surface area contributed by atoms with Crippen LogP contribution in [0.15, 0.2) is 77.3 Å². The molecule has 0 aliphatic heterocycles. The predicted molar refractivity (Wildman–Crippen MR) is 144 cm³/mol. The molecule has 35 heavy (non-hydrogen) atoms. The summed E-state index contributed by atoms with van der Waals surface area (Å²) in [6.07, 6.45) is 0.709. The summed E-state index contributed by atoms with van der Waals surface area (Å²) < 4.78 is 11.6. The second-order valence-corrected chi connectivity index (χ2v) is 8.75. The van der Waals surface area contributed by atoms with Gasteiger partial charge in [0.2, 0.25) is 0 Å². The summed E-state index contributed by atoms with van der Waals surface area (Å²) in [6, 6.07) is 22.1. The highest BCUT2D eigenvalue weighted by atomic mass is 79.9. The van der Waals surface area contributed by atoms with Gasteiger partial charge in [-0.15, -0.1) is 0 Å². The van der Waals surface area contributed by atoms with Gasteiger partial charge in [-0.05, 0) is 48.1 Å². The smallest absolute Gasteiger partial charge is 0.261 e. The number of halogens is 1. The van der Waals surface area contributed by atoms with Crippen LogP contribution in [-0.4, -0.2) is 43.8 Å². The molecule has 3 N–H and O–H groups in total. The van der Waals surface area contributed by atoms with Crippen molar-refractivity contribution in [3.05, 3.63) is 94.0 Å². The highest BCUT2D eigenvalue weighted by Gasteiger charge is 2.17. The molecule has 0 fully saturated rings. The lowest BCUT2D eigenvalue weighted by molar-refractivity contribution is 0.0936. The van der Waals surface area contributed by atoms with E-state index in [0.717, 1.165) is 10.0 Å². The van der Waals surface area contributed by atoms with Gasteiger partial charge in [0.1, 0.15) is 5.75 Å². The van der Waals surface area contributed by atoms with E-state index in [1.54, 1.807) is 43.5 Å². The molecular formula is C26H26BrN3O4S. The molecule has 0 bridgehead atoms. The monoisotopic (exact) mass is 555 g/mol. The van der Waals surface area contributed by atoms with Gasteiger partial charge < -0.3 is 20.1 Å². The zero-order valence-electron chi connectivity index (χ0n) is 19.2. The van der Waals surface area contributed by atoms with Crippen LogP contribution in [0.4, 0.5) is 5.69 Å². The minimum atomic E-state index is -0.430. The maximum atomic E-state index is 13.0. The number of para-hydroxylation sites is 1. The number of amides is 2. The van der Waals surface area contributed by atoms with Crippen molar-refractivity contribution < 1.29 is 19.1 Å². The van der Waals surface area contributed by atoms with E-state index in [9.17, 15) is 9.59 Å². The Labute approximate surface area is 218 Å². The zero-order chi connectivity index (χ0) is 25.0. The molecule has 2 amide bonds. The highest BCUT2D eigenvalue weighted by molar-refractivity contribution is 9.10. The van der Waals surface area contributed by atoms with E-state index in [4.69, 9.17) is 21.7 Å². The first kappa shape index (κ1) is 26.3. The van der Waals surface area contributed by atoms with Crippen molar-refractivity contribution in [2.75, 3.05) is 32.2 Å². The molecule has 3 aromatic rings. The van der Waals surface area contributed by atoms with Crippen molar-refractivity contribution in [1.82, 2.24) is 10.6 Å². The van der Waals surface area contributed by atoms with Crippen LogP contribution < -0.4 is 20.7 Å². The molecule has 0 radical (unpaired) electrons. The number of nitrogens with one attached hydrogen (secondary N) is 3. The molecule has 0 aliphatic rings. The molecule has 0 heterocycles. The van der Waals surface area contributed by atoms with Gasteiger partial charge in [0.25, 0.3) is 11.8 Å². The van der Waals surface area contributed by atoms with Crippen molar-refractivity contribution in [3.8, 4) is 5.75 Å². The fourth-order valence-electron chi connectivity index (χ4n) is 3.21. The van der Waals surface area contributed by atoms with E-state index in [-0.39, 0.29) is 11.0 Å². The number of methoxy groups -OCH3 is 1. The second kappa shape index (κ2) is 13.6. The van der Waals surface area contributed by atoms with E-state index >= 15 is 0 Å². The Morgan fingerprint density at radius 3 is 2.43 bits per heavy atom. The minimum absolute atomic E-state index is 0.0577. The van der Waals surface area contributed by atoms with Gasteiger partial charge >= 0.3 is 0 Å². The third kappa shape index (κ3) is 8.17. The van der Waals surface area contributed by atoms with Crippen molar-refractivity contribution in [3.63, 3.8) is 0 Å². The van der Waals surface area contributed by atoms with Crippen molar-refractivity contribution in [2.24, 2.45) is 0 Å². The van der Waals surface area contributed by atoms with E-state index < -0.39 is 5.91 Å². The van der Waals surface area contributed by atoms with Crippen LogP contribution in [0.1, 0.15) is 26.3 Å². The normalized spacial score (nSPS) is 10.3. The molecule has 0 saturated heterocycles. The number of rotatable bonds is 10. The van der Waals surface area contributed by atoms with Crippen molar-refractivity contribution in [2.45, 2.75) is 6.42 Å². The predicted octanol–water partition coefficient (Wildman–Crippen LogP) is 4.57. The summed E-state index contributed by atoms with van der Waals surface area (Å²) in [6.45, 7) is 1.19. The van der Waals surface area contributed by atoms with Crippen molar-refractivity contribution >= 4 is 50.8 Å². The first-order chi connectivity index (χ1) is 17.0. The van der Waals surface area contributed by atoms with E-state index in [1.807, 2.05) is 36.4 Å². The van der Waals surface area contributed by atoms with Crippen LogP contribution in [0.5, 0.6) is 5.75 Å². The summed E-state index contributed by atoms with van der Waals surface area (Å²) in [7, 11) is 1.56. The number of ether oxygens (including phenoxy) is 2. The number of anilines is 1. The topological polar surface area (TPSA) is 88.7 Å². The molecule has 0 spiro atoms. The molecule has 7 nitrogen and oxygen atoms in total. The van der Waals surface area contributed by atoms with Crippen LogP contribution in [0, 0.1) is 0 Å². The van der Waals surface area contributed by atoms with E-state index in [0.29, 0.717) is 48.7 Å². The average molecular weight is 556 g/mol. The number of carbonyl (C=O) groups excluding carboxylic acids is 2. The van der Waals surface area contributed by atoms with Gasteiger partial charge in [-0.25, -0.2) is 0 Å². The summed E-state index contributed by atoms with van der Waals surface area (Å²) in [5.41, 5.74) is 2.35. The molecular weight excluding hydrogens is 530 g/mol. The fraction of sp³-hybridized carbons (Fsp3) is 0.192. The Kier molecular flexibility index (Phi) is 10.2. The molecule has 0 atom stereocenters. The lowest BCUT2D eigenvalue weighted by atomic mass is 10.1. The number of hydrogen-bond acceptors (Lipinski definition) is 5. The number of benzene rings is 3. The van der Waals surface area contributed by atoms with Gasteiger partial charge in [-0.3, -0.25) is 14.9 Å². The first-order valence-corrected chi connectivity index (χ1v) is 12.1. The van der Waals surface area contributed by atoms with E-state index in [1.165, 1.54) is 0 Å². The largest absolute Gasteiger partial charge is 0.492 e. The molecule has 0 aromatic heterocycles. The third-order valence-electron chi connectivity index (χ3n) is 4.92. The quantitative estimate of drug-likeness (QED) is 0.251. The van der Waals surface area contributed by atoms with Crippen molar-refractivity contribution in [1.29, 1.82) is 0 Å². The lowest BCUT2D eigenvalue weighted by Crippen LogP contribution is -2.35. The molecule has 3 rings (SSSR count). The van der Waals surface area contributed by atoms with Gasteiger partial charge in [0.05, 0.1) is 30.0 Å². The minimum Gasteiger partial charge on any atom is -0.492 e. The van der Waals surface area contributed by atoms with Gasteiger partial charge in [0.15, 0.2) is 5.11 Å². The van der Waals surface area contributed by atoms with E-state index in [2.05, 4.69) is 31.9 Å². The molecule has 0 unspecified atom stereocenters. The zero-order valence-corrected chi connectivity index (χ0v) is 21.6. The SMILES string of the molecule is COCCNC(=O)c1ccccc1NC(=S)NC(=O)c1cc(Br)ccc1OCCc1ccccc1. The summed E-state index contributed by atoms with van der Waals surface area (Å²) in [5, 5.41) is 8.43. The number of thiocarbonyl (C=S) groups is 1. The maximum absolute atomic E-state index is 13.0. The van der Waals surface area contributed by atoms with Crippen LogP contribution >= 0.6 is 28.1 Å². The average Bonchev–Trinajstić information content (AvgIpc) is 2.86. The van der Waals surface area contributed by atoms with Crippen LogP contribution in [0.3, 0.4) is 0 Å². The Bertz CT molecular complexity index is 1170. The third-order valence-corrected chi connectivity index (χ3v) is 5.61. The molecule has 3 aromatic carbocycles. The Hall–Kier alpha value is -3.27. The molecule has 0 saturated carbocycles. The number of carbonyl (C=O) groups is 2.